The minimum atomic E-state index is -0.644. The fraction of sp³-hybridized carbons (Fsp3) is 0.343. The summed E-state index contributed by atoms with van der Waals surface area (Å²) in [5.41, 5.74) is 1.80. The van der Waals surface area contributed by atoms with Gasteiger partial charge in [-0.1, -0.05) is 49.7 Å². The molecule has 0 bridgehead atoms. The van der Waals surface area contributed by atoms with Crippen molar-refractivity contribution in [3.05, 3.63) is 98.9 Å². The molecule has 0 fully saturated rings. The molecule has 0 aliphatic carbocycles. The van der Waals surface area contributed by atoms with Crippen LogP contribution in [-0.4, -0.2) is 55.6 Å². The van der Waals surface area contributed by atoms with Crippen LogP contribution >= 0.6 is 11.6 Å². The first-order valence-electron chi connectivity index (χ1n) is 15.2. The lowest BCUT2D eigenvalue weighted by Crippen LogP contribution is -2.37. The highest BCUT2D eigenvalue weighted by molar-refractivity contribution is 6.31. The Labute approximate surface area is 279 Å². The maximum Gasteiger partial charge on any atom is 0.295 e. The molecular weight excluding hydrogens is 622 g/mol. The van der Waals surface area contributed by atoms with Gasteiger partial charge in [-0.15, -0.1) is 0 Å². The van der Waals surface area contributed by atoms with Crippen LogP contribution in [0.25, 0.3) is 5.69 Å². The second-order valence-corrected chi connectivity index (χ2v) is 12.3. The number of amides is 2. The van der Waals surface area contributed by atoms with Crippen molar-refractivity contribution in [3.63, 3.8) is 0 Å². The molecule has 0 aliphatic heterocycles. The lowest BCUT2D eigenvalue weighted by molar-refractivity contribution is -0.118. The Bertz CT molecular complexity index is 1770. The van der Waals surface area contributed by atoms with Crippen LogP contribution in [-0.2, 0) is 24.8 Å². The summed E-state index contributed by atoms with van der Waals surface area (Å²) in [5.74, 6) is 1.12. The van der Waals surface area contributed by atoms with Crippen LogP contribution in [0.4, 0.5) is 5.69 Å². The number of carbonyl (C=O) groups excluding carboxylic acids is 2. The molecule has 0 aliphatic rings. The van der Waals surface area contributed by atoms with Gasteiger partial charge >= 0.3 is 0 Å². The largest absolute Gasteiger partial charge is 0.497 e. The van der Waals surface area contributed by atoms with Gasteiger partial charge in [0.1, 0.15) is 22.9 Å². The van der Waals surface area contributed by atoms with Crippen LogP contribution in [0.1, 0.15) is 41.9 Å². The highest BCUT2D eigenvalue weighted by Gasteiger charge is 2.27. The SMILES string of the molecule is COc1ccc(CCNCc2c(NC(=O)CC(C)(C)CNC(=O)c3cc(Cl)ccc3OC)c(=O)n(-c3ccccc3)n2C)c(OC)c1. The molecule has 12 heteroatoms. The van der Waals surface area contributed by atoms with Gasteiger partial charge in [0.25, 0.3) is 11.5 Å². The van der Waals surface area contributed by atoms with Gasteiger partial charge in [0.05, 0.1) is 38.3 Å². The molecule has 4 rings (SSSR count). The third-order valence-electron chi connectivity index (χ3n) is 7.78. The maximum absolute atomic E-state index is 13.8. The number of anilines is 1. The molecule has 0 saturated carbocycles. The molecule has 3 N–H and O–H groups in total. The summed E-state index contributed by atoms with van der Waals surface area (Å²) >= 11 is 6.09. The normalized spacial score (nSPS) is 11.2. The average Bonchev–Trinajstić information content (AvgIpc) is 3.29. The minimum Gasteiger partial charge on any atom is -0.497 e. The highest BCUT2D eigenvalue weighted by Crippen LogP contribution is 2.26. The number of methoxy groups -OCH3 is 3. The summed E-state index contributed by atoms with van der Waals surface area (Å²) in [5, 5.41) is 9.58. The van der Waals surface area contributed by atoms with E-state index in [1.54, 1.807) is 38.1 Å². The Hall–Kier alpha value is -4.74. The number of aromatic nitrogens is 2. The minimum absolute atomic E-state index is 0.0454. The number of ether oxygens (including phenoxy) is 3. The molecule has 11 nitrogen and oxygen atoms in total. The fourth-order valence-corrected chi connectivity index (χ4v) is 5.45. The average molecular weight is 664 g/mol. The molecule has 0 spiro atoms. The van der Waals surface area contributed by atoms with Crippen LogP contribution in [0.3, 0.4) is 0 Å². The molecule has 0 radical (unpaired) electrons. The second kappa shape index (κ2) is 15.7. The Kier molecular flexibility index (Phi) is 11.7. The van der Waals surface area contributed by atoms with Crippen molar-refractivity contribution < 1.29 is 23.8 Å². The van der Waals surface area contributed by atoms with Crippen molar-refractivity contribution in [2.24, 2.45) is 12.5 Å². The van der Waals surface area contributed by atoms with Crippen molar-refractivity contribution in [1.82, 2.24) is 20.0 Å². The molecule has 250 valence electrons. The summed E-state index contributed by atoms with van der Waals surface area (Å²) in [4.78, 5) is 40.1. The van der Waals surface area contributed by atoms with Crippen LogP contribution in [0.2, 0.25) is 5.02 Å². The Morgan fingerprint density at radius 1 is 0.915 bits per heavy atom. The molecule has 2 amide bonds. The van der Waals surface area contributed by atoms with E-state index in [-0.39, 0.29) is 36.0 Å². The first-order chi connectivity index (χ1) is 22.5. The van der Waals surface area contributed by atoms with E-state index in [2.05, 4.69) is 16.0 Å². The van der Waals surface area contributed by atoms with Gasteiger partial charge in [-0.2, -0.15) is 0 Å². The molecule has 1 aromatic heterocycles. The number of hydrogen-bond donors (Lipinski definition) is 3. The van der Waals surface area contributed by atoms with Crippen LogP contribution in [0.15, 0.2) is 71.5 Å². The van der Waals surface area contributed by atoms with Gasteiger partial charge in [-0.25, -0.2) is 4.68 Å². The zero-order valence-corrected chi connectivity index (χ0v) is 28.4. The van der Waals surface area contributed by atoms with Gasteiger partial charge < -0.3 is 30.2 Å². The molecular formula is C35H42ClN5O6. The molecule has 0 saturated heterocycles. The molecule has 47 heavy (non-hydrogen) atoms. The number of halogens is 1. The van der Waals surface area contributed by atoms with Crippen LogP contribution in [0.5, 0.6) is 17.2 Å². The lowest BCUT2D eigenvalue weighted by atomic mass is 9.88. The third-order valence-corrected chi connectivity index (χ3v) is 8.02. The van der Waals surface area contributed by atoms with E-state index in [1.807, 2.05) is 62.4 Å². The molecule has 1 heterocycles. The highest BCUT2D eigenvalue weighted by atomic mass is 35.5. The quantitative estimate of drug-likeness (QED) is 0.153. The van der Waals surface area contributed by atoms with Gasteiger partial charge in [0.15, 0.2) is 0 Å². The van der Waals surface area contributed by atoms with Gasteiger partial charge in [0.2, 0.25) is 5.91 Å². The molecule has 0 unspecified atom stereocenters. The van der Waals surface area contributed by atoms with E-state index in [1.165, 1.54) is 17.9 Å². The van der Waals surface area contributed by atoms with E-state index in [0.717, 1.165) is 11.3 Å². The predicted octanol–water partition coefficient (Wildman–Crippen LogP) is 4.97. The summed E-state index contributed by atoms with van der Waals surface area (Å²) in [6.07, 6.45) is 0.715. The van der Waals surface area contributed by atoms with E-state index in [9.17, 15) is 14.4 Å². The Morgan fingerprint density at radius 2 is 1.64 bits per heavy atom. The summed E-state index contributed by atoms with van der Waals surface area (Å²) in [6.45, 7) is 4.84. The number of nitrogens with one attached hydrogen (secondary N) is 3. The number of benzene rings is 3. The number of carbonyl (C=O) groups is 2. The maximum atomic E-state index is 13.8. The van der Waals surface area contributed by atoms with E-state index in [4.69, 9.17) is 25.8 Å². The second-order valence-electron chi connectivity index (χ2n) is 11.8. The van der Waals surface area contributed by atoms with Crippen molar-refractivity contribution in [2.75, 3.05) is 39.7 Å². The van der Waals surface area contributed by atoms with Gasteiger partial charge in [-0.05, 0) is 60.3 Å². The zero-order chi connectivity index (χ0) is 34.1. The monoisotopic (exact) mass is 663 g/mol. The topological polar surface area (TPSA) is 125 Å². The fourth-order valence-electron chi connectivity index (χ4n) is 5.28. The van der Waals surface area contributed by atoms with Gasteiger partial charge in [0, 0.05) is 37.6 Å². The van der Waals surface area contributed by atoms with Crippen molar-refractivity contribution in [1.29, 1.82) is 0 Å². The molecule has 3 aromatic carbocycles. The standard InChI is InChI=1S/C35H42ClN5O6/c1-35(2,22-38-33(43)27-18-24(36)13-15-29(27)46-5)20-31(42)39-32-28(40(3)41(34(32)44)25-10-8-7-9-11-25)21-37-17-16-23-12-14-26(45-4)19-30(23)47-6/h7-15,18-19,37H,16-17,20-22H2,1-6H3,(H,38,43)(H,39,42). The summed E-state index contributed by atoms with van der Waals surface area (Å²) in [6, 6.07) is 19.7. The number of nitrogens with zero attached hydrogens (tertiary/aromatic N) is 2. The summed E-state index contributed by atoms with van der Waals surface area (Å²) < 4.78 is 19.4. The zero-order valence-electron chi connectivity index (χ0n) is 27.6. The first kappa shape index (κ1) is 35.1. The lowest BCUT2D eigenvalue weighted by Gasteiger charge is -2.24. The first-order valence-corrected chi connectivity index (χ1v) is 15.5. The van der Waals surface area contributed by atoms with Crippen molar-refractivity contribution in [3.8, 4) is 22.9 Å². The molecule has 4 aromatic rings. The van der Waals surface area contributed by atoms with Crippen molar-refractivity contribution in [2.45, 2.75) is 33.2 Å². The van der Waals surface area contributed by atoms with E-state index >= 15 is 0 Å². The Balaban J connectivity index is 1.48. The number of para-hydroxylation sites is 1. The summed E-state index contributed by atoms with van der Waals surface area (Å²) in [7, 11) is 6.49. The van der Waals surface area contributed by atoms with Crippen molar-refractivity contribution >= 4 is 29.1 Å². The number of hydrogen-bond acceptors (Lipinski definition) is 7. The number of rotatable bonds is 15. The van der Waals surface area contributed by atoms with Crippen LogP contribution < -0.4 is 35.7 Å². The smallest absolute Gasteiger partial charge is 0.295 e. The van der Waals surface area contributed by atoms with Crippen LogP contribution in [0, 0.1) is 5.41 Å². The third kappa shape index (κ3) is 8.75. The Morgan fingerprint density at radius 3 is 2.32 bits per heavy atom. The van der Waals surface area contributed by atoms with Gasteiger partial charge in [-0.3, -0.25) is 19.1 Å². The van der Waals surface area contributed by atoms with E-state index in [0.29, 0.717) is 53.0 Å². The predicted molar refractivity (Wildman–Crippen MR) is 183 cm³/mol. The van der Waals surface area contributed by atoms with E-state index < -0.39 is 5.41 Å². The molecule has 0 atom stereocenters.